The van der Waals surface area contributed by atoms with E-state index in [0.29, 0.717) is 5.69 Å². The molecule has 0 aliphatic rings. The quantitative estimate of drug-likeness (QED) is 0.863. The fourth-order valence-corrected chi connectivity index (χ4v) is 2.87. The molecular weight excluding hydrogens is 277 g/mol. The fourth-order valence-electron chi connectivity index (χ4n) is 1.92. The highest BCUT2D eigenvalue weighted by atomic mass is 32.1. The summed E-state index contributed by atoms with van der Waals surface area (Å²) in [5, 5.41) is 12.1. The van der Waals surface area contributed by atoms with Crippen LogP contribution in [0.3, 0.4) is 0 Å². The standard InChI is InChI=1S/C15H16FNO2S/c1-3-11-5-7-14(20-11)9(2)17-10-4-6-13(16)12(8-10)15(18)19/h4-9,17H,3H2,1-2H3,(H,18,19). The van der Waals surface area contributed by atoms with E-state index in [4.69, 9.17) is 5.11 Å². The van der Waals surface area contributed by atoms with Gasteiger partial charge in [-0.15, -0.1) is 11.3 Å². The zero-order chi connectivity index (χ0) is 14.7. The van der Waals surface area contributed by atoms with Crippen molar-refractivity contribution >= 4 is 23.0 Å². The smallest absolute Gasteiger partial charge is 0.338 e. The maximum atomic E-state index is 13.3. The Morgan fingerprint density at radius 1 is 1.40 bits per heavy atom. The molecule has 20 heavy (non-hydrogen) atoms. The van der Waals surface area contributed by atoms with Crippen LogP contribution in [0.25, 0.3) is 0 Å². The molecule has 3 nitrogen and oxygen atoms in total. The number of rotatable bonds is 5. The van der Waals surface area contributed by atoms with Gasteiger partial charge in [-0.05, 0) is 43.7 Å². The van der Waals surface area contributed by atoms with Gasteiger partial charge in [0.2, 0.25) is 0 Å². The number of benzene rings is 1. The summed E-state index contributed by atoms with van der Waals surface area (Å²) < 4.78 is 13.3. The zero-order valence-electron chi connectivity index (χ0n) is 11.3. The summed E-state index contributed by atoms with van der Waals surface area (Å²) in [6.45, 7) is 4.10. The van der Waals surface area contributed by atoms with E-state index < -0.39 is 11.8 Å². The van der Waals surface area contributed by atoms with Crippen LogP contribution >= 0.6 is 11.3 Å². The molecular formula is C15H16FNO2S. The third-order valence-corrected chi connectivity index (χ3v) is 4.45. The first-order valence-corrected chi connectivity index (χ1v) is 7.21. The van der Waals surface area contributed by atoms with E-state index in [2.05, 4.69) is 24.4 Å². The third-order valence-electron chi connectivity index (χ3n) is 3.04. The lowest BCUT2D eigenvalue weighted by molar-refractivity contribution is 0.0692. The average molecular weight is 293 g/mol. The molecule has 106 valence electrons. The van der Waals surface area contributed by atoms with Crippen LogP contribution in [-0.2, 0) is 6.42 Å². The summed E-state index contributed by atoms with van der Waals surface area (Å²) in [5.74, 6) is -1.98. The van der Waals surface area contributed by atoms with Gasteiger partial charge in [-0.3, -0.25) is 0 Å². The van der Waals surface area contributed by atoms with Crippen molar-refractivity contribution in [3.8, 4) is 0 Å². The predicted octanol–water partition coefficient (Wildman–Crippen LogP) is 4.32. The van der Waals surface area contributed by atoms with Gasteiger partial charge in [-0.25, -0.2) is 9.18 Å². The molecule has 1 aromatic carbocycles. The minimum absolute atomic E-state index is 0.0485. The SMILES string of the molecule is CCc1ccc(C(C)Nc2ccc(F)c(C(=O)O)c2)s1. The van der Waals surface area contributed by atoms with Gasteiger partial charge in [0, 0.05) is 15.4 Å². The number of aromatic carboxylic acids is 1. The van der Waals surface area contributed by atoms with E-state index in [1.54, 1.807) is 17.4 Å². The highest BCUT2D eigenvalue weighted by Crippen LogP contribution is 2.27. The van der Waals surface area contributed by atoms with Crippen LogP contribution in [0.5, 0.6) is 0 Å². The van der Waals surface area contributed by atoms with E-state index in [1.165, 1.54) is 21.9 Å². The number of hydrogen-bond acceptors (Lipinski definition) is 3. The Labute approximate surface area is 121 Å². The molecule has 2 rings (SSSR count). The molecule has 0 fully saturated rings. The first-order valence-electron chi connectivity index (χ1n) is 6.39. The van der Waals surface area contributed by atoms with E-state index in [9.17, 15) is 9.18 Å². The van der Waals surface area contributed by atoms with Gasteiger partial charge in [0.1, 0.15) is 5.82 Å². The molecule has 0 saturated carbocycles. The molecule has 0 amide bonds. The van der Waals surface area contributed by atoms with Crippen molar-refractivity contribution in [3.05, 3.63) is 51.5 Å². The maximum Gasteiger partial charge on any atom is 0.338 e. The van der Waals surface area contributed by atoms with Gasteiger partial charge in [-0.2, -0.15) is 0 Å². The number of carboxylic acid groups (broad SMARTS) is 1. The highest BCUT2D eigenvalue weighted by molar-refractivity contribution is 7.12. The van der Waals surface area contributed by atoms with Crippen molar-refractivity contribution in [2.45, 2.75) is 26.3 Å². The van der Waals surface area contributed by atoms with Crippen molar-refractivity contribution in [3.63, 3.8) is 0 Å². The number of halogens is 1. The number of carboxylic acids is 1. The second-order valence-corrected chi connectivity index (χ2v) is 5.72. The largest absolute Gasteiger partial charge is 0.478 e. The molecule has 0 saturated heterocycles. The lowest BCUT2D eigenvalue weighted by Crippen LogP contribution is -2.07. The Hall–Kier alpha value is -1.88. The molecule has 2 aromatic rings. The Balaban J connectivity index is 2.17. The molecule has 0 aliphatic heterocycles. The molecule has 5 heteroatoms. The molecule has 0 radical (unpaired) electrons. The summed E-state index contributed by atoms with van der Waals surface area (Å²) in [4.78, 5) is 13.4. The third kappa shape index (κ3) is 3.17. The van der Waals surface area contributed by atoms with Crippen molar-refractivity contribution in [2.24, 2.45) is 0 Å². The molecule has 0 bridgehead atoms. The molecule has 0 aliphatic carbocycles. The van der Waals surface area contributed by atoms with Crippen LogP contribution in [0.1, 0.15) is 40.0 Å². The van der Waals surface area contributed by atoms with Crippen LogP contribution in [0.15, 0.2) is 30.3 Å². The summed E-state index contributed by atoms with van der Waals surface area (Å²) in [7, 11) is 0. The lowest BCUT2D eigenvalue weighted by Gasteiger charge is -2.14. The van der Waals surface area contributed by atoms with Gasteiger partial charge < -0.3 is 10.4 Å². The summed E-state index contributed by atoms with van der Waals surface area (Å²) in [5.41, 5.74) is 0.283. The summed E-state index contributed by atoms with van der Waals surface area (Å²) in [6, 6.07) is 8.24. The monoisotopic (exact) mass is 293 g/mol. The second-order valence-electron chi connectivity index (χ2n) is 4.52. The molecule has 2 N–H and O–H groups in total. The zero-order valence-corrected chi connectivity index (χ0v) is 12.1. The van der Waals surface area contributed by atoms with E-state index in [-0.39, 0.29) is 11.6 Å². The number of anilines is 1. The van der Waals surface area contributed by atoms with Crippen LogP contribution in [-0.4, -0.2) is 11.1 Å². The van der Waals surface area contributed by atoms with Gasteiger partial charge in [0.15, 0.2) is 0 Å². The van der Waals surface area contributed by atoms with Crippen molar-refractivity contribution < 1.29 is 14.3 Å². The minimum atomic E-state index is -1.26. The van der Waals surface area contributed by atoms with Gasteiger partial charge in [0.25, 0.3) is 0 Å². The second kappa shape index (κ2) is 6.05. The number of aryl methyl sites for hydroxylation is 1. The first kappa shape index (κ1) is 14.5. The van der Waals surface area contributed by atoms with E-state index in [1.807, 2.05) is 6.92 Å². The molecule has 1 unspecified atom stereocenters. The van der Waals surface area contributed by atoms with Crippen LogP contribution < -0.4 is 5.32 Å². The Morgan fingerprint density at radius 2 is 2.15 bits per heavy atom. The number of thiophene rings is 1. The van der Waals surface area contributed by atoms with E-state index >= 15 is 0 Å². The molecule has 1 atom stereocenters. The molecule has 1 heterocycles. The topological polar surface area (TPSA) is 49.3 Å². The summed E-state index contributed by atoms with van der Waals surface area (Å²) in [6.07, 6.45) is 0.997. The van der Waals surface area contributed by atoms with Crippen molar-refractivity contribution in [2.75, 3.05) is 5.32 Å². The normalized spacial score (nSPS) is 12.2. The van der Waals surface area contributed by atoms with E-state index in [0.717, 1.165) is 6.42 Å². The fraction of sp³-hybridized carbons (Fsp3) is 0.267. The minimum Gasteiger partial charge on any atom is -0.478 e. The number of nitrogens with one attached hydrogen (secondary N) is 1. The number of carbonyl (C=O) groups is 1. The Morgan fingerprint density at radius 3 is 2.75 bits per heavy atom. The van der Waals surface area contributed by atoms with Crippen molar-refractivity contribution in [1.29, 1.82) is 0 Å². The predicted molar refractivity (Wildman–Crippen MR) is 79.1 cm³/mol. The average Bonchev–Trinajstić information content (AvgIpc) is 2.89. The summed E-state index contributed by atoms with van der Waals surface area (Å²) >= 11 is 1.72. The Bertz CT molecular complexity index is 624. The van der Waals surface area contributed by atoms with Gasteiger partial charge >= 0.3 is 5.97 Å². The van der Waals surface area contributed by atoms with Crippen LogP contribution in [0, 0.1) is 5.82 Å². The van der Waals surface area contributed by atoms with Crippen LogP contribution in [0.4, 0.5) is 10.1 Å². The lowest BCUT2D eigenvalue weighted by atomic mass is 10.1. The molecule has 1 aromatic heterocycles. The van der Waals surface area contributed by atoms with Crippen LogP contribution in [0.2, 0.25) is 0 Å². The van der Waals surface area contributed by atoms with Gasteiger partial charge in [0.05, 0.1) is 11.6 Å². The highest BCUT2D eigenvalue weighted by Gasteiger charge is 2.13. The Kier molecular flexibility index (Phi) is 4.39. The van der Waals surface area contributed by atoms with Crippen molar-refractivity contribution in [1.82, 2.24) is 0 Å². The molecule has 0 spiro atoms. The maximum absolute atomic E-state index is 13.3. The van der Waals surface area contributed by atoms with Gasteiger partial charge in [-0.1, -0.05) is 6.92 Å². The number of hydrogen-bond donors (Lipinski definition) is 2. The first-order chi connectivity index (χ1) is 9.51.